The van der Waals surface area contributed by atoms with Crippen LogP contribution in [-0.4, -0.2) is 10.1 Å². The molecule has 2 aromatic heterocycles. The molecule has 0 aliphatic heterocycles. The number of nitrogens with zero attached hydrogens (tertiary/aromatic N) is 2. The number of aryl methyl sites for hydroxylation is 2. The minimum absolute atomic E-state index is 0.645. The van der Waals surface area contributed by atoms with Gasteiger partial charge in [-0.3, -0.25) is 4.98 Å². The Bertz CT molecular complexity index is 451. The summed E-state index contributed by atoms with van der Waals surface area (Å²) in [5, 5.41) is 7.09. The van der Waals surface area contributed by atoms with Crippen molar-refractivity contribution in [3.05, 3.63) is 41.5 Å². The van der Waals surface area contributed by atoms with Crippen molar-refractivity contribution in [1.82, 2.24) is 10.1 Å². The van der Waals surface area contributed by atoms with E-state index >= 15 is 0 Å². The fraction of sp³-hybridized carbons (Fsp3) is 0.273. The van der Waals surface area contributed by atoms with Gasteiger partial charge in [-0.15, -0.1) is 0 Å². The number of hydrogen-bond donors (Lipinski definition) is 1. The zero-order chi connectivity index (χ0) is 10.7. The Labute approximate surface area is 88.3 Å². The molecule has 0 aromatic carbocycles. The predicted octanol–water partition coefficient (Wildman–Crippen LogP) is 2.30. The van der Waals surface area contributed by atoms with E-state index in [9.17, 15) is 0 Å². The summed E-state index contributed by atoms with van der Waals surface area (Å²) in [7, 11) is 0. The van der Waals surface area contributed by atoms with Gasteiger partial charge < -0.3 is 9.84 Å². The van der Waals surface area contributed by atoms with E-state index in [2.05, 4.69) is 15.5 Å². The number of rotatable bonds is 3. The first-order chi connectivity index (χ1) is 7.25. The van der Waals surface area contributed by atoms with E-state index in [0.717, 1.165) is 22.7 Å². The van der Waals surface area contributed by atoms with Crippen molar-refractivity contribution >= 4 is 5.69 Å². The topological polar surface area (TPSA) is 51.0 Å². The maximum Gasteiger partial charge on any atom is 0.156 e. The van der Waals surface area contributed by atoms with Crippen LogP contribution < -0.4 is 5.32 Å². The van der Waals surface area contributed by atoms with Crippen molar-refractivity contribution < 1.29 is 4.52 Å². The van der Waals surface area contributed by atoms with Crippen molar-refractivity contribution in [2.45, 2.75) is 20.4 Å². The fourth-order valence-electron chi connectivity index (χ4n) is 1.35. The second-order valence-electron chi connectivity index (χ2n) is 3.48. The average Bonchev–Trinajstić information content (AvgIpc) is 2.63. The quantitative estimate of drug-likeness (QED) is 0.831. The van der Waals surface area contributed by atoms with Crippen LogP contribution in [0, 0.1) is 13.8 Å². The van der Waals surface area contributed by atoms with Gasteiger partial charge in [-0.2, -0.15) is 0 Å². The summed E-state index contributed by atoms with van der Waals surface area (Å²) < 4.78 is 5.10. The van der Waals surface area contributed by atoms with Crippen LogP contribution in [0.1, 0.15) is 17.0 Å². The van der Waals surface area contributed by atoms with Crippen LogP contribution in [0.15, 0.2) is 29.0 Å². The molecule has 0 aliphatic rings. The summed E-state index contributed by atoms with van der Waals surface area (Å²) in [6.07, 6.45) is 3.59. The lowest BCUT2D eigenvalue weighted by atomic mass is 10.2. The summed E-state index contributed by atoms with van der Waals surface area (Å²) >= 11 is 0. The van der Waals surface area contributed by atoms with Crippen molar-refractivity contribution in [3.8, 4) is 0 Å². The predicted molar refractivity (Wildman–Crippen MR) is 57.5 cm³/mol. The minimum Gasteiger partial charge on any atom is -0.377 e. The van der Waals surface area contributed by atoms with Gasteiger partial charge in [-0.25, -0.2) is 0 Å². The highest BCUT2D eigenvalue weighted by atomic mass is 16.5. The maximum atomic E-state index is 5.10. The molecular weight excluding hydrogens is 190 g/mol. The Morgan fingerprint density at radius 1 is 1.40 bits per heavy atom. The first kappa shape index (κ1) is 9.71. The third-order valence-corrected chi connectivity index (χ3v) is 2.15. The van der Waals surface area contributed by atoms with Gasteiger partial charge in [0, 0.05) is 24.1 Å². The van der Waals surface area contributed by atoms with Crippen molar-refractivity contribution in [3.63, 3.8) is 0 Å². The molecule has 2 rings (SSSR count). The lowest BCUT2D eigenvalue weighted by Crippen LogP contribution is -2.00. The number of aromatic nitrogens is 2. The second kappa shape index (κ2) is 4.13. The van der Waals surface area contributed by atoms with Gasteiger partial charge in [0.1, 0.15) is 0 Å². The van der Waals surface area contributed by atoms with Gasteiger partial charge in [0.25, 0.3) is 0 Å². The van der Waals surface area contributed by atoms with Crippen molar-refractivity contribution in [2.24, 2.45) is 0 Å². The first-order valence-electron chi connectivity index (χ1n) is 4.82. The summed E-state index contributed by atoms with van der Waals surface area (Å²) in [4.78, 5) is 4.03. The average molecular weight is 203 g/mol. The van der Waals surface area contributed by atoms with Gasteiger partial charge in [-0.05, 0) is 25.5 Å². The molecule has 0 unspecified atom stereocenters. The molecule has 0 amide bonds. The Morgan fingerprint density at radius 2 is 2.27 bits per heavy atom. The molecule has 78 valence electrons. The zero-order valence-corrected chi connectivity index (χ0v) is 8.82. The van der Waals surface area contributed by atoms with E-state index in [1.165, 1.54) is 0 Å². The molecule has 0 spiro atoms. The molecule has 2 heterocycles. The highest BCUT2D eigenvalue weighted by Crippen LogP contribution is 2.13. The van der Waals surface area contributed by atoms with Gasteiger partial charge in [-0.1, -0.05) is 5.16 Å². The minimum atomic E-state index is 0.645. The molecule has 0 bridgehead atoms. The standard InChI is InChI=1S/C11H13N3O/c1-8-6-12-4-3-11(8)13-7-10-5-9(2)14-15-10/h3-6H,7H2,1-2H3,(H,12,13). The first-order valence-corrected chi connectivity index (χ1v) is 4.82. The van der Waals surface area contributed by atoms with Crippen LogP contribution in [-0.2, 0) is 6.54 Å². The third kappa shape index (κ3) is 2.34. The molecule has 0 saturated heterocycles. The second-order valence-corrected chi connectivity index (χ2v) is 3.48. The molecule has 2 aromatic rings. The molecule has 0 fully saturated rings. The lowest BCUT2D eigenvalue weighted by molar-refractivity contribution is 0.384. The van der Waals surface area contributed by atoms with Crippen LogP contribution in [0.25, 0.3) is 0 Å². The molecule has 1 N–H and O–H groups in total. The molecular formula is C11H13N3O. The van der Waals surface area contributed by atoms with Crippen molar-refractivity contribution in [1.29, 1.82) is 0 Å². The highest BCUT2D eigenvalue weighted by molar-refractivity contribution is 5.48. The van der Waals surface area contributed by atoms with Crippen LogP contribution in [0.3, 0.4) is 0 Å². The Hall–Kier alpha value is -1.84. The lowest BCUT2D eigenvalue weighted by Gasteiger charge is -2.05. The van der Waals surface area contributed by atoms with E-state index < -0.39 is 0 Å². The summed E-state index contributed by atoms with van der Waals surface area (Å²) in [6, 6.07) is 3.86. The monoisotopic (exact) mass is 203 g/mol. The van der Waals surface area contributed by atoms with Crippen LogP contribution in [0.4, 0.5) is 5.69 Å². The molecule has 0 saturated carbocycles. The Kier molecular flexibility index (Phi) is 2.67. The molecule has 0 radical (unpaired) electrons. The van der Waals surface area contributed by atoms with Crippen LogP contribution in [0.5, 0.6) is 0 Å². The van der Waals surface area contributed by atoms with E-state index in [4.69, 9.17) is 4.52 Å². The summed E-state index contributed by atoms with van der Waals surface area (Å²) in [6.45, 7) is 4.57. The SMILES string of the molecule is Cc1cc(CNc2ccncc2C)on1. The Balaban J connectivity index is 2.02. The molecule has 0 aliphatic carbocycles. The normalized spacial score (nSPS) is 10.3. The molecule has 4 nitrogen and oxygen atoms in total. The van der Waals surface area contributed by atoms with Gasteiger partial charge in [0.05, 0.1) is 12.2 Å². The van der Waals surface area contributed by atoms with Gasteiger partial charge >= 0.3 is 0 Å². The van der Waals surface area contributed by atoms with Crippen LogP contribution in [0.2, 0.25) is 0 Å². The Morgan fingerprint density at radius 3 is 2.93 bits per heavy atom. The highest BCUT2D eigenvalue weighted by Gasteiger charge is 2.01. The van der Waals surface area contributed by atoms with Crippen molar-refractivity contribution in [2.75, 3.05) is 5.32 Å². The molecule has 15 heavy (non-hydrogen) atoms. The largest absolute Gasteiger partial charge is 0.377 e. The molecule has 0 atom stereocenters. The summed E-state index contributed by atoms with van der Waals surface area (Å²) in [5.74, 6) is 0.837. The number of pyridine rings is 1. The number of nitrogens with one attached hydrogen (secondary N) is 1. The van der Waals surface area contributed by atoms with E-state index in [-0.39, 0.29) is 0 Å². The fourth-order valence-corrected chi connectivity index (χ4v) is 1.35. The molecule has 4 heteroatoms. The van der Waals surface area contributed by atoms with E-state index in [1.54, 1.807) is 6.20 Å². The van der Waals surface area contributed by atoms with E-state index in [1.807, 2.05) is 32.2 Å². The zero-order valence-electron chi connectivity index (χ0n) is 8.82. The van der Waals surface area contributed by atoms with Gasteiger partial charge in [0.2, 0.25) is 0 Å². The summed E-state index contributed by atoms with van der Waals surface area (Å²) in [5.41, 5.74) is 3.09. The van der Waals surface area contributed by atoms with Crippen LogP contribution >= 0.6 is 0 Å². The number of hydrogen-bond acceptors (Lipinski definition) is 4. The smallest absolute Gasteiger partial charge is 0.156 e. The van der Waals surface area contributed by atoms with Gasteiger partial charge in [0.15, 0.2) is 5.76 Å². The maximum absolute atomic E-state index is 5.10. The third-order valence-electron chi connectivity index (χ3n) is 2.15. The number of anilines is 1. The van der Waals surface area contributed by atoms with E-state index in [0.29, 0.717) is 6.54 Å².